The molecule has 0 aliphatic heterocycles. The summed E-state index contributed by atoms with van der Waals surface area (Å²) < 4.78 is 5.31. The molecular formula is C38H33N3O5S2. The summed E-state index contributed by atoms with van der Waals surface area (Å²) in [5, 5.41) is 8.13. The van der Waals surface area contributed by atoms with Gasteiger partial charge in [-0.25, -0.2) is 4.79 Å². The van der Waals surface area contributed by atoms with Crippen LogP contribution in [0.25, 0.3) is 6.08 Å². The molecule has 0 saturated carbocycles. The molecule has 8 nitrogen and oxygen atoms in total. The molecule has 0 aliphatic rings. The van der Waals surface area contributed by atoms with Gasteiger partial charge in [-0.1, -0.05) is 84.9 Å². The van der Waals surface area contributed by atoms with Crippen LogP contribution in [-0.2, 0) is 14.3 Å². The van der Waals surface area contributed by atoms with Gasteiger partial charge in [-0.3, -0.25) is 14.4 Å². The predicted molar refractivity (Wildman–Crippen MR) is 194 cm³/mol. The molecule has 0 spiro atoms. The molecule has 4 aromatic carbocycles. The molecule has 1 heterocycles. The number of amides is 3. The van der Waals surface area contributed by atoms with Crippen LogP contribution in [0.1, 0.15) is 48.9 Å². The van der Waals surface area contributed by atoms with Crippen LogP contribution in [0.15, 0.2) is 126 Å². The number of esters is 1. The zero-order valence-corrected chi connectivity index (χ0v) is 27.9. The van der Waals surface area contributed by atoms with Gasteiger partial charge in [0.15, 0.2) is 0 Å². The lowest BCUT2D eigenvalue weighted by atomic mass is 10.1. The number of hydrogen-bond donors (Lipinski definition) is 3. The van der Waals surface area contributed by atoms with Gasteiger partial charge in [-0.15, -0.1) is 23.1 Å². The van der Waals surface area contributed by atoms with Gasteiger partial charge in [-0.05, 0) is 66.9 Å². The Bertz CT molecular complexity index is 1930. The van der Waals surface area contributed by atoms with E-state index >= 15 is 0 Å². The van der Waals surface area contributed by atoms with Gasteiger partial charge in [0.05, 0.1) is 17.0 Å². The molecule has 0 fully saturated rings. The fourth-order valence-electron chi connectivity index (χ4n) is 4.76. The zero-order valence-electron chi connectivity index (χ0n) is 26.3. The second kappa shape index (κ2) is 16.4. The summed E-state index contributed by atoms with van der Waals surface area (Å²) in [6, 6.07) is 35.0. The Morgan fingerprint density at radius 2 is 1.44 bits per heavy atom. The molecule has 0 bridgehead atoms. The van der Waals surface area contributed by atoms with E-state index in [2.05, 4.69) is 16.0 Å². The molecule has 1 unspecified atom stereocenters. The molecule has 48 heavy (non-hydrogen) atoms. The Kier molecular flexibility index (Phi) is 11.6. The van der Waals surface area contributed by atoms with Crippen molar-refractivity contribution in [3.05, 3.63) is 148 Å². The number of nitrogens with one attached hydrogen (secondary N) is 3. The summed E-state index contributed by atoms with van der Waals surface area (Å²) in [5.74, 6) is -1.71. The number of para-hydroxylation sites is 1. The fraction of sp³-hybridized carbons (Fsp3) is 0.105. The van der Waals surface area contributed by atoms with E-state index in [-0.39, 0.29) is 28.0 Å². The number of thioether (sulfide) groups is 1. The number of benzene rings is 4. The Morgan fingerprint density at radius 3 is 2.12 bits per heavy atom. The number of rotatable bonds is 12. The molecule has 242 valence electrons. The largest absolute Gasteiger partial charge is 0.462 e. The van der Waals surface area contributed by atoms with Gasteiger partial charge in [0.2, 0.25) is 11.8 Å². The fourth-order valence-corrected chi connectivity index (χ4v) is 6.93. The molecule has 5 rings (SSSR count). The summed E-state index contributed by atoms with van der Waals surface area (Å²) in [5.41, 5.74) is 3.36. The molecule has 10 heteroatoms. The van der Waals surface area contributed by atoms with Crippen LogP contribution < -0.4 is 16.0 Å². The van der Waals surface area contributed by atoms with E-state index in [1.54, 1.807) is 62.4 Å². The molecule has 0 saturated heterocycles. The number of carbonyl (C=O) groups is 4. The normalized spacial score (nSPS) is 11.5. The summed E-state index contributed by atoms with van der Waals surface area (Å²) >= 11 is 2.31. The predicted octanol–water partition coefficient (Wildman–Crippen LogP) is 8.61. The van der Waals surface area contributed by atoms with Crippen molar-refractivity contribution in [1.82, 2.24) is 0 Å². The Hall–Kier alpha value is -5.45. The number of hydrogen-bond acceptors (Lipinski definition) is 7. The number of anilines is 3. The van der Waals surface area contributed by atoms with Crippen molar-refractivity contribution in [3.8, 4) is 0 Å². The van der Waals surface area contributed by atoms with Crippen LogP contribution in [0.5, 0.6) is 0 Å². The van der Waals surface area contributed by atoms with Crippen LogP contribution >= 0.6 is 23.1 Å². The van der Waals surface area contributed by atoms with E-state index in [4.69, 9.17) is 4.74 Å². The highest BCUT2D eigenvalue weighted by atomic mass is 32.2. The average Bonchev–Trinajstić information content (AvgIpc) is 3.43. The zero-order chi connectivity index (χ0) is 33.9. The molecule has 3 N–H and O–H groups in total. The van der Waals surface area contributed by atoms with Crippen LogP contribution in [0.4, 0.5) is 16.4 Å². The topological polar surface area (TPSA) is 114 Å². The standard InChI is InChI=1S/C38H33N3O5S2/c1-3-46-38(45)32-25(2)33(35(43)40-28-18-11-6-12-19-28)48-37(32)41-36(44)34(27-16-9-5-10-17-27)47-30-21-13-20-29(24-30)39-31(42)23-22-26-14-7-4-8-15-26/h4-24,34H,3H2,1-2H3,(H,39,42)(H,40,43)(H,41,44)/b23-22+. The quantitative estimate of drug-likeness (QED) is 0.0694. The minimum atomic E-state index is -0.742. The van der Waals surface area contributed by atoms with Crippen molar-refractivity contribution < 1.29 is 23.9 Å². The minimum Gasteiger partial charge on any atom is -0.462 e. The van der Waals surface area contributed by atoms with Crippen molar-refractivity contribution in [2.75, 3.05) is 22.6 Å². The van der Waals surface area contributed by atoms with Crippen LogP contribution in [0.2, 0.25) is 0 Å². The average molecular weight is 676 g/mol. The van der Waals surface area contributed by atoms with E-state index in [1.165, 1.54) is 17.8 Å². The number of carbonyl (C=O) groups excluding carboxylic acids is 4. The van der Waals surface area contributed by atoms with E-state index < -0.39 is 23.0 Å². The van der Waals surface area contributed by atoms with Crippen molar-refractivity contribution in [1.29, 1.82) is 0 Å². The highest BCUT2D eigenvalue weighted by Crippen LogP contribution is 2.40. The number of ether oxygens (including phenoxy) is 1. The van der Waals surface area contributed by atoms with E-state index in [1.807, 2.05) is 72.8 Å². The SMILES string of the molecule is CCOC(=O)c1c(NC(=O)C(Sc2cccc(NC(=O)/C=C/c3ccccc3)c2)c2ccccc2)sc(C(=O)Nc2ccccc2)c1C. The van der Waals surface area contributed by atoms with Gasteiger partial charge in [-0.2, -0.15) is 0 Å². The van der Waals surface area contributed by atoms with Crippen LogP contribution in [0.3, 0.4) is 0 Å². The first kappa shape index (κ1) is 33.9. The van der Waals surface area contributed by atoms with E-state index in [9.17, 15) is 19.2 Å². The van der Waals surface area contributed by atoms with Gasteiger partial charge >= 0.3 is 5.97 Å². The molecule has 0 aliphatic carbocycles. The minimum absolute atomic E-state index is 0.129. The maximum atomic E-state index is 14.1. The first-order valence-electron chi connectivity index (χ1n) is 15.2. The number of thiophene rings is 1. The highest BCUT2D eigenvalue weighted by molar-refractivity contribution is 8.00. The summed E-state index contributed by atoms with van der Waals surface area (Å²) in [6.07, 6.45) is 3.20. The monoisotopic (exact) mass is 675 g/mol. The van der Waals surface area contributed by atoms with E-state index in [0.29, 0.717) is 16.9 Å². The third-order valence-corrected chi connectivity index (χ3v) is 9.48. The van der Waals surface area contributed by atoms with Crippen molar-refractivity contribution in [2.45, 2.75) is 24.0 Å². The molecule has 0 radical (unpaired) electrons. The lowest BCUT2D eigenvalue weighted by Gasteiger charge is -2.18. The third kappa shape index (κ3) is 8.87. The summed E-state index contributed by atoms with van der Waals surface area (Å²) in [7, 11) is 0. The lowest BCUT2D eigenvalue weighted by Crippen LogP contribution is -2.20. The molecule has 1 aromatic heterocycles. The summed E-state index contributed by atoms with van der Waals surface area (Å²) in [4.78, 5) is 54.1. The third-order valence-electron chi connectivity index (χ3n) is 7.02. The van der Waals surface area contributed by atoms with Gasteiger partial charge in [0.25, 0.3) is 5.91 Å². The lowest BCUT2D eigenvalue weighted by molar-refractivity contribution is -0.116. The first-order valence-corrected chi connectivity index (χ1v) is 16.9. The maximum absolute atomic E-state index is 14.1. The van der Waals surface area contributed by atoms with Crippen LogP contribution in [-0.4, -0.2) is 30.3 Å². The second-order valence-electron chi connectivity index (χ2n) is 10.5. The van der Waals surface area contributed by atoms with E-state index in [0.717, 1.165) is 27.4 Å². The molecule has 5 aromatic rings. The Balaban J connectivity index is 1.39. The molecule has 1 atom stereocenters. The van der Waals surface area contributed by atoms with Gasteiger partial charge in [0.1, 0.15) is 10.3 Å². The smallest absolute Gasteiger partial charge is 0.341 e. The maximum Gasteiger partial charge on any atom is 0.341 e. The first-order chi connectivity index (χ1) is 23.3. The Morgan fingerprint density at radius 1 is 0.792 bits per heavy atom. The second-order valence-corrected chi connectivity index (χ2v) is 12.7. The molecular weight excluding hydrogens is 643 g/mol. The van der Waals surface area contributed by atoms with Crippen LogP contribution in [0, 0.1) is 6.92 Å². The summed E-state index contributed by atoms with van der Waals surface area (Å²) in [6.45, 7) is 3.49. The van der Waals surface area contributed by atoms with Crippen molar-refractivity contribution in [3.63, 3.8) is 0 Å². The van der Waals surface area contributed by atoms with Crippen molar-refractivity contribution in [2.24, 2.45) is 0 Å². The van der Waals surface area contributed by atoms with Crippen molar-refractivity contribution >= 4 is 69.2 Å². The molecule has 3 amide bonds. The highest BCUT2D eigenvalue weighted by Gasteiger charge is 2.29. The van der Waals surface area contributed by atoms with Gasteiger partial charge < -0.3 is 20.7 Å². The Labute approximate surface area is 287 Å². The van der Waals surface area contributed by atoms with Gasteiger partial charge in [0, 0.05) is 22.3 Å².